The van der Waals surface area contributed by atoms with Gasteiger partial charge in [0.25, 0.3) is 5.91 Å². The molecule has 3 rings (SSSR count). The van der Waals surface area contributed by atoms with Crippen molar-refractivity contribution in [2.45, 2.75) is 26.3 Å². The summed E-state index contributed by atoms with van der Waals surface area (Å²) in [6, 6.07) is 2.21. The summed E-state index contributed by atoms with van der Waals surface area (Å²) in [6.45, 7) is 5.12. The van der Waals surface area contributed by atoms with Crippen LogP contribution in [-0.4, -0.2) is 38.7 Å². The Labute approximate surface area is 126 Å². The molecule has 0 spiro atoms. The number of carbonyl (C=O) groups is 1. The predicted molar refractivity (Wildman–Crippen MR) is 78.1 cm³/mol. The number of aromatic nitrogens is 3. The van der Waals surface area contributed by atoms with Crippen LogP contribution in [0.25, 0.3) is 0 Å². The fourth-order valence-corrected chi connectivity index (χ4v) is 3.50. The summed E-state index contributed by atoms with van der Waals surface area (Å²) in [5, 5.41) is 14.0. The molecule has 0 saturated carbocycles. The largest absolute Gasteiger partial charge is 0.336 e. The van der Waals surface area contributed by atoms with Crippen molar-refractivity contribution in [3.05, 3.63) is 33.5 Å². The van der Waals surface area contributed by atoms with E-state index in [-0.39, 0.29) is 11.9 Å². The van der Waals surface area contributed by atoms with E-state index in [9.17, 15) is 4.79 Å². The van der Waals surface area contributed by atoms with Crippen LogP contribution in [0.3, 0.4) is 0 Å². The Morgan fingerprint density at radius 1 is 1.52 bits per heavy atom. The molecule has 7 heteroatoms. The van der Waals surface area contributed by atoms with Crippen LogP contribution < -0.4 is 0 Å². The van der Waals surface area contributed by atoms with Gasteiger partial charge in [-0.25, -0.2) is 4.98 Å². The summed E-state index contributed by atoms with van der Waals surface area (Å²) in [4.78, 5) is 19.4. The molecule has 21 heavy (non-hydrogen) atoms. The zero-order valence-electron chi connectivity index (χ0n) is 11.9. The van der Waals surface area contributed by atoms with Crippen LogP contribution in [0.1, 0.15) is 38.4 Å². The van der Waals surface area contributed by atoms with E-state index in [2.05, 4.69) is 16.2 Å². The normalized spacial score (nSPS) is 18.0. The second kappa shape index (κ2) is 5.30. The molecule has 2 aromatic heterocycles. The van der Waals surface area contributed by atoms with Gasteiger partial charge in [0.2, 0.25) is 0 Å². The Morgan fingerprint density at radius 2 is 2.33 bits per heavy atom. The minimum absolute atomic E-state index is 0.0493. The minimum atomic E-state index is 0.0493. The number of carbonyl (C=O) groups excluding carboxylic acids is 1. The van der Waals surface area contributed by atoms with Gasteiger partial charge in [0.05, 0.1) is 28.5 Å². The smallest absolute Gasteiger partial charge is 0.265 e. The number of thiazole rings is 1. The summed E-state index contributed by atoms with van der Waals surface area (Å²) in [5.74, 6) is 0.0493. The first kappa shape index (κ1) is 13.8. The number of amides is 1. The molecule has 6 nitrogen and oxygen atoms in total. The molecule has 3 heterocycles. The Hall–Kier alpha value is -2.20. The van der Waals surface area contributed by atoms with E-state index in [4.69, 9.17) is 5.26 Å². The maximum atomic E-state index is 12.5. The Morgan fingerprint density at radius 3 is 2.95 bits per heavy atom. The minimum Gasteiger partial charge on any atom is -0.336 e. The summed E-state index contributed by atoms with van der Waals surface area (Å²) in [5.41, 5.74) is 1.35. The lowest BCUT2D eigenvalue weighted by Gasteiger charge is -2.16. The lowest BCUT2D eigenvalue weighted by atomic mass is 10.3. The molecule has 2 aromatic rings. The maximum Gasteiger partial charge on any atom is 0.265 e. The highest BCUT2D eigenvalue weighted by Gasteiger charge is 2.30. The molecule has 108 valence electrons. The third-order valence-electron chi connectivity index (χ3n) is 3.65. The van der Waals surface area contributed by atoms with E-state index in [0.29, 0.717) is 18.7 Å². The molecule has 0 radical (unpaired) electrons. The van der Waals surface area contributed by atoms with E-state index >= 15 is 0 Å². The first-order valence-electron chi connectivity index (χ1n) is 6.76. The van der Waals surface area contributed by atoms with Crippen molar-refractivity contribution in [2.24, 2.45) is 0 Å². The Bertz CT molecular complexity index is 726. The standard InChI is InChI=1S/C14H15N5OS/c1-9-13(21-10(2)17-9)14(20)18-4-3-12(8-18)19-7-11(5-15)6-16-19/h6-7,12H,3-4,8H2,1-2H3. The molecule has 1 atom stereocenters. The van der Waals surface area contributed by atoms with Gasteiger partial charge in [-0.3, -0.25) is 9.48 Å². The van der Waals surface area contributed by atoms with Gasteiger partial charge in [0, 0.05) is 19.3 Å². The summed E-state index contributed by atoms with van der Waals surface area (Å²) in [7, 11) is 0. The van der Waals surface area contributed by atoms with Crippen molar-refractivity contribution in [3.63, 3.8) is 0 Å². The number of hydrogen-bond donors (Lipinski definition) is 0. The van der Waals surface area contributed by atoms with Crippen LogP contribution in [0.15, 0.2) is 12.4 Å². The summed E-state index contributed by atoms with van der Waals surface area (Å²) in [6.07, 6.45) is 4.15. The second-order valence-electron chi connectivity index (χ2n) is 5.16. The molecular formula is C14H15N5OS. The first-order valence-corrected chi connectivity index (χ1v) is 7.57. The van der Waals surface area contributed by atoms with Gasteiger partial charge in [-0.05, 0) is 20.3 Å². The van der Waals surface area contributed by atoms with E-state index in [0.717, 1.165) is 22.0 Å². The van der Waals surface area contributed by atoms with Gasteiger partial charge in [0.15, 0.2) is 0 Å². The summed E-state index contributed by atoms with van der Waals surface area (Å²) >= 11 is 1.45. The van der Waals surface area contributed by atoms with Crippen LogP contribution in [0, 0.1) is 25.2 Å². The van der Waals surface area contributed by atoms with E-state index < -0.39 is 0 Å². The zero-order chi connectivity index (χ0) is 15.0. The predicted octanol–water partition coefficient (Wildman–Crippen LogP) is 1.92. The van der Waals surface area contributed by atoms with Gasteiger partial charge < -0.3 is 4.90 Å². The van der Waals surface area contributed by atoms with E-state index in [1.54, 1.807) is 17.1 Å². The average Bonchev–Trinajstić information content (AvgIpc) is 3.16. The lowest BCUT2D eigenvalue weighted by Crippen LogP contribution is -2.29. The number of aryl methyl sites for hydroxylation is 2. The quantitative estimate of drug-likeness (QED) is 0.849. The molecule has 0 N–H and O–H groups in total. The van der Waals surface area contributed by atoms with Crippen molar-refractivity contribution in [1.82, 2.24) is 19.7 Å². The fourth-order valence-electron chi connectivity index (χ4n) is 2.61. The van der Waals surface area contributed by atoms with Crippen LogP contribution in [0.2, 0.25) is 0 Å². The maximum absolute atomic E-state index is 12.5. The van der Waals surface area contributed by atoms with Crippen LogP contribution in [-0.2, 0) is 0 Å². The van der Waals surface area contributed by atoms with Crippen LogP contribution in [0.5, 0.6) is 0 Å². The van der Waals surface area contributed by atoms with Gasteiger partial charge in [-0.2, -0.15) is 10.4 Å². The zero-order valence-corrected chi connectivity index (χ0v) is 12.7. The van der Waals surface area contributed by atoms with Gasteiger partial charge in [-0.1, -0.05) is 0 Å². The molecule has 1 amide bonds. The fraction of sp³-hybridized carbons (Fsp3) is 0.429. The Balaban J connectivity index is 1.73. The SMILES string of the molecule is Cc1nc(C)c(C(=O)N2CCC(n3cc(C#N)cn3)C2)s1. The monoisotopic (exact) mass is 301 g/mol. The molecule has 1 fully saturated rings. The highest BCUT2D eigenvalue weighted by molar-refractivity contribution is 7.13. The first-order chi connectivity index (χ1) is 10.1. The van der Waals surface area contributed by atoms with Crippen molar-refractivity contribution >= 4 is 17.2 Å². The summed E-state index contributed by atoms with van der Waals surface area (Å²) < 4.78 is 1.79. The van der Waals surface area contributed by atoms with Crippen molar-refractivity contribution < 1.29 is 4.79 Å². The molecule has 0 bridgehead atoms. The average molecular weight is 301 g/mol. The third-order valence-corrected chi connectivity index (χ3v) is 4.71. The van der Waals surface area contributed by atoms with Crippen LogP contribution >= 0.6 is 11.3 Å². The highest BCUT2D eigenvalue weighted by Crippen LogP contribution is 2.26. The van der Waals surface area contributed by atoms with Crippen molar-refractivity contribution in [3.8, 4) is 6.07 Å². The molecule has 1 saturated heterocycles. The highest BCUT2D eigenvalue weighted by atomic mass is 32.1. The van der Waals surface area contributed by atoms with Gasteiger partial charge in [0.1, 0.15) is 10.9 Å². The lowest BCUT2D eigenvalue weighted by molar-refractivity contribution is 0.0791. The molecule has 1 aliphatic heterocycles. The second-order valence-corrected chi connectivity index (χ2v) is 6.37. The number of nitriles is 1. The van der Waals surface area contributed by atoms with Gasteiger partial charge in [-0.15, -0.1) is 11.3 Å². The molecular weight excluding hydrogens is 286 g/mol. The van der Waals surface area contributed by atoms with Crippen molar-refractivity contribution in [2.75, 3.05) is 13.1 Å². The molecule has 1 unspecified atom stereocenters. The number of hydrogen-bond acceptors (Lipinski definition) is 5. The van der Waals surface area contributed by atoms with E-state index in [1.165, 1.54) is 11.3 Å². The number of rotatable bonds is 2. The van der Waals surface area contributed by atoms with Crippen molar-refractivity contribution in [1.29, 1.82) is 5.26 Å². The van der Waals surface area contributed by atoms with Crippen LogP contribution in [0.4, 0.5) is 0 Å². The van der Waals surface area contributed by atoms with E-state index in [1.807, 2.05) is 18.7 Å². The number of likely N-dealkylation sites (tertiary alicyclic amines) is 1. The molecule has 0 aromatic carbocycles. The Kier molecular flexibility index (Phi) is 3.47. The topological polar surface area (TPSA) is 74.8 Å². The molecule has 1 aliphatic rings. The molecule has 0 aliphatic carbocycles. The number of nitrogens with zero attached hydrogens (tertiary/aromatic N) is 5. The third kappa shape index (κ3) is 2.54. The van der Waals surface area contributed by atoms with Gasteiger partial charge >= 0.3 is 0 Å².